The second-order valence-corrected chi connectivity index (χ2v) is 13.0. The Morgan fingerprint density at radius 1 is 1.16 bits per heavy atom. The van der Waals surface area contributed by atoms with E-state index < -0.39 is 47.2 Å². The molecule has 5 rings (SSSR count). The van der Waals surface area contributed by atoms with E-state index in [2.05, 4.69) is 20.6 Å². The number of Topliss-reactive ketones (excluding diaryl/α,β-unsaturated/α-hetero) is 1. The number of ether oxygens (including phenoxy) is 1. The molecule has 2 unspecified atom stereocenters. The van der Waals surface area contributed by atoms with Crippen LogP contribution in [0.3, 0.4) is 0 Å². The largest absolute Gasteiger partial charge is 0.472 e. The Morgan fingerprint density at radius 2 is 1.91 bits per heavy atom. The van der Waals surface area contributed by atoms with Crippen LogP contribution in [0.15, 0.2) is 47.0 Å². The molecule has 1 aliphatic heterocycles. The third kappa shape index (κ3) is 7.12. The maximum Gasteiger partial charge on any atom is 0.296 e. The molecule has 1 saturated carbocycles. The number of primary amides is 1. The van der Waals surface area contributed by atoms with Crippen LogP contribution in [-0.2, 0) is 19.2 Å². The first-order chi connectivity index (χ1) is 20.9. The molecule has 2 fully saturated rings. The second-order valence-electron chi connectivity index (χ2n) is 12.5. The van der Waals surface area contributed by atoms with Gasteiger partial charge in [-0.15, -0.1) is 0 Å². The summed E-state index contributed by atoms with van der Waals surface area (Å²) in [6, 6.07) is 7.74. The maximum atomic E-state index is 14.3. The quantitative estimate of drug-likeness (QED) is 0.270. The van der Waals surface area contributed by atoms with Crippen molar-refractivity contribution in [2.75, 3.05) is 11.9 Å². The van der Waals surface area contributed by atoms with Gasteiger partial charge in [-0.3, -0.25) is 19.2 Å². The number of para-hydroxylation sites is 2. The summed E-state index contributed by atoms with van der Waals surface area (Å²) >= 11 is 5.97. The van der Waals surface area contributed by atoms with Crippen molar-refractivity contribution in [3.63, 3.8) is 0 Å². The molecule has 1 aliphatic carbocycles. The summed E-state index contributed by atoms with van der Waals surface area (Å²) in [6.07, 6.45) is 4.13. The van der Waals surface area contributed by atoms with Gasteiger partial charge in [0.05, 0.1) is 17.6 Å². The van der Waals surface area contributed by atoms with E-state index in [1.165, 1.54) is 11.1 Å². The highest BCUT2D eigenvalue weighted by molar-refractivity contribution is 6.37. The first kappa shape index (κ1) is 31.2. The highest BCUT2D eigenvalue weighted by Gasteiger charge is 2.46. The molecule has 0 spiro atoms. The van der Waals surface area contributed by atoms with Crippen LogP contribution in [0.1, 0.15) is 52.9 Å². The summed E-state index contributed by atoms with van der Waals surface area (Å²) in [4.78, 5) is 62.7. The molecule has 0 bridgehead atoms. The number of amides is 3. The lowest BCUT2D eigenvalue weighted by atomic mass is 9.80. The van der Waals surface area contributed by atoms with Crippen LogP contribution in [0, 0.1) is 11.3 Å². The van der Waals surface area contributed by atoms with Gasteiger partial charge < -0.3 is 30.4 Å². The van der Waals surface area contributed by atoms with Crippen LogP contribution in [0.4, 0.5) is 6.01 Å². The number of benzene rings is 1. The Balaban J connectivity index is 1.41. The molecule has 3 aromatic rings. The number of carbonyl (C=O) groups is 4. The van der Waals surface area contributed by atoms with Crippen molar-refractivity contribution < 1.29 is 28.3 Å². The van der Waals surface area contributed by atoms with Gasteiger partial charge in [0, 0.05) is 18.7 Å². The van der Waals surface area contributed by atoms with E-state index >= 15 is 0 Å². The monoisotopic (exact) mass is 624 g/mol. The number of nitrogens with two attached hydrogens (primary N) is 1. The first-order valence-electron chi connectivity index (χ1n) is 14.7. The average Bonchev–Trinajstić information content (AvgIpc) is 3.56. The van der Waals surface area contributed by atoms with Crippen molar-refractivity contribution >= 4 is 52.2 Å². The van der Waals surface area contributed by atoms with Gasteiger partial charge in [0.25, 0.3) is 11.9 Å². The van der Waals surface area contributed by atoms with Crippen molar-refractivity contribution in [2.45, 2.75) is 77.1 Å². The molecular formula is C31H37ClN6O6. The predicted octanol–water partition coefficient (Wildman–Crippen LogP) is 3.48. The maximum absolute atomic E-state index is 14.3. The smallest absolute Gasteiger partial charge is 0.296 e. The van der Waals surface area contributed by atoms with Gasteiger partial charge in [-0.05, 0) is 36.0 Å². The van der Waals surface area contributed by atoms with Crippen LogP contribution >= 0.6 is 11.6 Å². The topological polar surface area (TPSA) is 170 Å². The summed E-state index contributed by atoms with van der Waals surface area (Å²) in [5.41, 5.74) is 5.88. The number of halogens is 1. The Morgan fingerprint density at radius 3 is 2.52 bits per heavy atom. The van der Waals surface area contributed by atoms with E-state index in [0.29, 0.717) is 22.5 Å². The van der Waals surface area contributed by atoms with Gasteiger partial charge in [-0.25, -0.2) is 4.98 Å². The van der Waals surface area contributed by atoms with E-state index in [1.807, 2.05) is 32.9 Å². The molecule has 4 atom stereocenters. The first-order valence-corrected chi connectivity index (χ1v) is 15.1. The number of aromatic nitrogens is 2. The SMILES string of the molecule is CC(C)(C)C(Nc1nc2ccccc2o1)C(=O)N1C[C@H](Oc2ccc(Cl)cn2)C[C@H]1C(=O)NC(CC1CCC1)C(=O)C(N)=O. The van der Waals surface area contributed by atoms with Crippen molar-refractivity contribution in [1.29, 1.82) is 0 Å². The predicted molar refractivity (Wildman–Crippen MR) is 163 cm³/mol. The zero-order chi connectivity index (χ0) is 31.6. The standard InChI is InChI=1S/C31H37ClN6O6/c1-31(2,3)26(37-30-36-20-9-4-5-10-23(20)44-30)29(42)38-16-19(43-24-12-11-18(32)15-34-24)14-22(38)28(41)35-21(25(39)27(33)40)13-17-7-6-8-17/h4-5,9-12,15,17,19,21-22,26H,6-8,13-14,16H2,1-3H3,(H2,33,40)(H,35,41)(H,36,37)/t19-,21?,22+,26?/m1/s1. The van der Waals surface area contributed by atoms with Crippen LogP contribution in [0.2, 0.25) is 5.02 Å². The fourth-order valence-corrected chi connectivity index (χ4v) is 5.69. The number of carbonyl (C=O) groups excluding carboxylic acids is 4. The third-order valence-corrected chi connectivity index (χ3v) is 8.40. The fourth-order valence-electron chi connectivity index (χ4n) is 5.58. The van der Waals surface area contributed by atoms with Crippen molar-refractivity contribution in [1.82, 2.24) is 20.2 Å². The fraction of sp³-hybridized carbons (Fsp3) is 0.484. The highest BCUT2D eigenvalue weighted by atomic mass is 35.5. The van der Waals surface area contributed by atoms with E-state index in [-0.39, 0.29) is 36.7 Å². The van der Waals surface area contributed by atoms with E-state index in [4.69, 9.17) is 26.5 Å². The molecule has 4 N–H and O–H groups in total. The number of ketones is 1. The van der Waals surface area contributed by atoms with Gasteiger partial charge in [0.2, 0.25) is 23.5 Å². The zero-order valence-corrected chi connectivity index (χ0v) is 25.7. The average molecular weight is 625 g/mol. The van der Waals surface area contributed by atoms with Crippen LogP contribution in [0.25, 0.3) is 11.1 Å². The van der Waals surface area contributed by atoms with Crippen molar-refractivity contribution in [3.05, 3.63) is 47.6 Å². The Labute approximate surface area is 260 Å². The Bertz CT molecular complexity index is 1500. The number of nitrogens with one attached hydrogen (secondary N) is 2. The van der Waals surface area contributed by atoms with E-state index in [0.717, 1.165) is 19.3 Å². The second kappa shape index (κ2) is 12.8. The van der Waals surface area contributed by atoms with Gasteiger partial charge in [-0.1, -0.05) is 63.8 Å². The normalized spacial score (nSPS) is 20.0. The highest BCUT2D eigenvalue weighted by Crippen LogP contribution is 2.32. The number of nitrogens with zero attached hydrogens (tertiary/aromatic N) is 3. The number of pyridine rings is 1. The molecule has 44 heavy (non-hydrogen) atoms. The molecule has 3 heterocycles. The summed E-state index contributed by atoms with van der Waals surface area (Å²) in [5, 5.41) is 6.32. The number of anilines is 1. The molecule has 1 aromatic carbocycles. The number of fused-ring (bicyclic) bond motifs is 1. The molecule has 3 amide bonds. The van der Waals surface area contributed by atoms with E-state index in [1.54, 1.807) is 24.3 Å². The number of rotatable bonds is 11. The minimum absolute atomic E-state index is 0.0695. The molecule has 234 valence electrons. The molecule has 12 nitrogen and oxygen atoms in total. The van der Waals surface area contributed by atoms with Crippen molar-refractivity contribution in [2.24, 2.45) is 17.1 Å². The molecule has 2 aromatic heterocycles. The van der Waals surface area contributed by atoms with Crippen LogP contribution < -0.4 is 21.1 Å². The Hall–Kier alpha value is -4.19. The summed E-state index contributed by atoms with van der Waals surface area (Å²) < 4.78 is 11.9. The van der Waals surface area contributed by atoms with Crippen LogP contribution in [0.5, 0.6) is 5.88 Å². The van der Waals surface area contributed by atoms with E-state index in [9.17, 15) is 19.2 Å². The van der Waals surface area contributed by atoms with Gasteiger partial charge >= 0.3 is 0 Å². The molecule has 2 aliphatic rings. The molecule has 0 radical (unpaired) electrons. The Kier molecular flexibility index (Phi) is 9.10. The lowest BCUT2D eigenvalue weighted by Gasteiger charge is -2.35. The number of hydrogen-bond donors (Lipinski definition) is 3. The molecule has 13 heteroatoms. The van der Waals surface area contributed by atoms with Crippen molar-refractivity contribution in [3.8, 4) is 5.88 Å². The van der Waals surface area contributed by atoms with Gasteiger partial charge in [0.15, 0.2) is 5.58 Å². The lowest BCUT2D eigenvalue weighted by Crippen LogP contribution is -2.57. The third-order valence-electron chi connectivity index (χ3n) is 8.18. The molecular weight excluding hydrogens is 588 g/mol. The minimum atomic E-state index is -1.11. The van der Waals surface area contributed by atoms with Gasteiger partial charge in [-0.2, -0.15) is 4.98 Å². The lowest BCUT2D eigenvalue weighted by molar-refractivity contribution is -0.142. The molecule has 1 saturated heterocycles. The van der Waals surface area contributed by atoms with Gasteiger partial charge in [0.1, 0.15) is 23.7 Å². The zero-order valence-electron chi connectivity index (χ0n) is 24.9. The number of oxazole rings is 1. The summed E-state index contributed by atoms with van der Waals surface area (Å²) in [5.74, 6) is -2.42. The number of hydrogen-bond acceptors (Lipinski definition) is 9. The minimum Gasteiger partial charge on any atom is -0.472 e. The summed E-state index contributed by atoms with van der Waals surface area (Å²) in [7, 11) is 0. The van der Waals surface area contributed by atoms with Crippen LogP contribution in [-0.4, -0.2) is 69.1 Å². The number of likely N-dealkylation sites (tertiary alicyclic amines) is 1. The summed E-state index contributed by atoms with van der Waals surface area (Å²) in [6.45, 7) is 5.74.